The second-order valence-corrected chi connectivity index (χ2v) is 4.43. The largest absolute Gasteiger partial charge is 0.331 e. The molecule has 1 aliphatic rings. The Bertz CT molecular complexity index is 448. The molecule has 0 aliphatic carbocycles. The Balaban J connectivity index is 2.12. The third-order valence-corrected chi connectivity index (χ3v) is 2.91. The molecule has 0 atom stereocenters. The summed E-state index contributed by atoms with van der Waals surface area (Å²) in [5.41, 5.74) is 0.653. The zero-order valence-electron chi connectivity index (χ0n) is 8.52. The Morgan fingerprint density at radius 3 is 2.81 bits per heavy atom. The molecule has 1 N–H and O–H groups in total. The van der Waals surface area contributed by atoms with Crippen molar-refractivity contribution in [1.82, 2.24) is 15.2 Å². The van der Waals surface area contributed by atoms with Gasteiger partial charge in [0.25, 0.3) is 0 Å². The lowest BCUT2D eigenvalue weighted by molar-refractivity contribution is -0.136. The fraction of sp³-hybridized carbons (Fsp3) is 0.333. The zero-order valence-corrected chi connectivity index (χ0v) is 9.34. The minimum atomic E-state index is -0.674. The third kappa shape index (κ3) is 2.08. The van der Waals surface area contributed by atoms with Gasteiger partial charge in [-0.25, -0.2) is 9.78 Å². The molecular weight excluding hydrogens is 230 g/mol. The maximum atomic E-state index is 11.4. The Morgan fingerprint density at radius 2 is 2.25 bits per heavy atom. The van der Waals surface area contributed by atoms with E-state index in [1.54, 1.807) is 5.38 Å². The van der Waals surface area contributed by atoms with E-state index in [0.29, 0.717) is 5.69 Å². The quantitative estimate of drug-likeness (QED) is 0.758. The van der Waals surface area contributed by atoms with Crippen LogP contribution < -0.4 is 5.32 Å². The van der Waals surface area contributed by atoms with Gasteiger partial charge in [-0.05, 0) is 6.92 Å². The molecule has 6 nitrogen and oxygen atoms in total. The molecule has 0 bridgehead atoms. The van der Waals surface area contributed by atoms with Crippen molar-refractivity contribution in [3.8, 4) is 0 Å². The smallest absolute Gasteiger partial charge is 0.277 e. The highest BCUT2D eigenvalue weighted by Crippen LogP contribution is 2.12. The maximum Gasteiger partial charge on any atom is 0.331 e. The summed E-state index contributed by atoms with van der Waals surface area (Å²) in [4.78, 5) is 38.9. The molecule has 1 aromatic heterocycles. The first-order chi connectivity index (χ1) is 7.56. The van der Waals surface area contributed by atoms with E-state index in [1.807, 2.05) is 6.92 Å². The lowest BCUT2D eigenvalue weighted by atomic mass is 10.3. The van der Waals surface area contributed by atoms with Crippen LogP contribution in [-0.4, -0.2) is 27.7 Å². The van der Waals surface area contributed by atoms with E-state index in [-0.39, 0.29) is 13.0 Å². The number of hydrogen-bond donors (Lipinski definition) is 1. The molecule has 0 saturated carbocycles. The number of hydrogen-bond acceptors (Lipinski definition) is 5. The summed E-state index contributed by atoms with van der Waals surface area (Å²) in [6.45, 7) is 1.96. The Labute approximate surface area is 95.3 Å². The summed E-state index contributed by atoms with van der Waals surface area (Å²) >= 11 is 1.45. The predicted molar refractivity (Wildman–Crippen MR) is 55.6 cm³/mol. The second-order valence-electron chi connectivity index (χ2n) is 3.37. The van der Waals surface area contributed by atoms with Crippen molar-refractivity contribution in [3.05, 3.63) is 16.1 Å². The number of imide groups is 2. The van der Waals surface area contributed by atoms with Crippen LogP contribution in [0.3, 0.4) is 0 Å². The number of barbiturate groups is 1. The average Bonchev–Trinajstić information content (AvgIpc) is 2.58. The summed E-state index contributed by atoms with van der Waals surface area (Å²) in [6, 6.07) is -0.674. The van der Waals surface area contributed by atoms with Gasteiger partial charge in [-0.2, -0.15) is 0 Å². The minimum Gasteiger partial charge on any atom is -0.277 e. The van der Waals surface area contributed by atoms with Crippen LogP contribution in [0.2, 0.25) is 0 Å². The van der Waals surface area contributed by atoms with E-state index in [2.05, 4.69) is 10.3 Å². The monoisotopic (exact) mass is 239 g/mol. The molecule has 2 rings (SSSR count). The van der Waals surface area contributed by atoms with Gasteiger partial charge in [0, 0.05) is 5.38 Å². The zero-order chi connectivity index (χ0) is 11.7. The molecule has 1 saturated heterocycles. The number of nitrogens with zero attached hydrogens (tertiary/aromatic N) is 2. The first-order valence-electron chi connectivity index (χ1n) is 4.61. The van der Waals surface area contributed by atoms with Crippen LogP contribution in [0, 0.1) is 6.92 Å². The molecule has 0 radical (unpaired) electrons. The van der Waals surface area contributed by atoms with Crippen molar-refractivity contribution in [3.63, 3.8) is 0 Å². The lowest BCUT2D eigenvalue weighted by Crippen LogP contribution is -2.52. The number of thiazole rings is 1. The van der Waals surface area contributed by atoms with E-state index in [9.17, 15) is 14.4 Å². The molecule has 2 heterocycles. The minimum absolute atomic E-state index is 0.113. The second kappa shape index (κ2) is 4.01. The van der Waals surface area contributed by atoms with Gasteiger partial charge in [0.05, 0.1) is 17.2 Å². The van der Waals surface area contributed by atoms with E-state index in [4.69, 9.17) is 0 Å². The van der Waals surface area contributed by atoms with Crippen LogP contribution in [0.15, 0.2) is 5.38 Å². The van der Waals surface area contributed by atoms with Crippen LogP contribution in [-0.2, 0) is 16.1 Å². The Kier molecular flexibility index (Phi) is 2.69. The summed E-state index contributed by atoms with van der Waals surface area (Å²) < 4.78 is 0. The van der Waals surface area contributed by atoms with Crippen molar-refractivity contribution >= 4 is 29.2 Å². The van der Waals surface area contributed by atoms with Crippen molar-refractivity contribution in [1.29, 1.82) is 0 Å². The van der Waals surface area contributed by atoms with Gasteiger partial charge in [-0.1, -0.05) is 0 Å². The normalized spacial score (nSPS) is 16.6. The van der Waals surface area contributed by atoms with Crippen LogP contribution >= 0.6 is 11.3 Å². The van der Waals surface area contributed by atoms with E-state index in [1.165, 1.54) is 11.3 Å². The fourth-order valence-corrected chi connectivity index (χ4v) is 1.98. The topological polar surface area (TPSA) is 79.4 Å². The molecule has 4 amide bonds. The number of aryl methyl sites for hydroxylation is 1. The lowest BCUT2D eigenvalue weighted by Gasteiger charge is -2.23. The summed E-state index contributed by atoms with van der Waals surface area (Å²) in [7, 11) is 0. The molecule has 1 aliphatic heterocycles. The van der Waals surface area contributed by atoms with Crippen LogP contribution in [0.25, 0.3) is 0 Å². The van der Waals surface area contributed by atoms with Crippen molar-refractivity contribution < 1.29 is 14.4 Å². The molecule has 7 heteroatoms. The van der Waals surface area contributed by atoms with E-state index in [0.717, 1.165) is 9.91 Å². The van der Waals surface area contributed by atoms with Crippen LogP contribution in [0.1, 0.15) is 17.1 Å². The number of amides is 4. The molecule has 0 aromatic carbocycles. The average molecular weight is 239 g/mol. The predicted octanol–water partition coefficient (Wildman–Crippen LogP) is 0.420. The summed E-state index contributed by atoms with van der Waals surface area (Å²) in [5, 5.41) is 4.74. The number of nitrogens with one attached hydrogen (secondary N) is 1. The van der Waals surface area contributed by atoms with Gasteiger partial charge >= 0.3 is 6.03 Å². The molecule has 1 fully saturated rings. The van der Waals surface area contributed by atoms with Gasteiger partial charge in [0.2, 0.25) is 11.8 Å². The van der Waals surface area contributed by atoms with Gasteiger partial charge in [0.1, 0.15) is 6.42 Å². The highest BCUT2D eigenvalue weighted by molar-refractivity contribution is 7.09. The molecule has 16 heavy (non-hydrogen) atoms. The Hall–Kier alpha value is -1.76. The molecule has 84 valence electrons. The van der Waals surface area contributed by atoms with Crippen LogP contribution in [0.5, 0.6) is 0 Å². The van der Waals surface area contributed by atoms with Crippen LogP contribution in [0.4, 0.5) is 4.79 Å². The molecule has 0 spiro atoms. The van der Waals surface area contributed by atoms with Gasteiger partial charge < -0.3 is 0 Å². The van der Waals surface area contributed by atoms with Crippen molar-refractivity contribution in [2.75, 3.05) is 0 Å². The summed E-state index contributed by atoms with van der Waals surface area (Å²) in [5.74, 6) is -1.04. The third-order valence-electron chi connectivity index (χ3n) is 2.09. The molecular formula is C9H9N3O3S. The number of rotatable bonds is 2. The van der Waals surface area contributed by atoms with Gasteiger partial charge in [0.15, 0.2) is 0 Å². The highest BCUT2D eigenvalue weighted by Gasteiger charge is 2.30. The number of urea groups is 1. The number of carbonyl (C=O) groups is 3. The first kappa shape index (κ1) is 10.7. The highest BCUT2D eigenvalue weighted by atomic mass is 32.1. The molecule has 0 unspecified atom stereocenters. The number of aromatic nitrogens is 1. The van der Waals surface area contributed by atoms with Crippen molar-refractivity contribution in [2.24, 2.45) is 0 Å². The Morgan fingerprint density at radius 1 is 1.50 bits per heavy atom. The maximum absolute atomic E-state index is 11.4. The van der Waals surface area contributed by atoms with E-state index >= 15 is 0 Å². The number of carbonyl (C=O) groups excluding carboxylic acids is 3. The van der Waals surface area contributed by atoms with Crippen molar-refractivity contribution in [2.45, 2.75) is 19.9 Å². The summed E-state index contributed by atoms with van der Waals surface area (Å²) in [6.07, 6.45) is -0.283. The SMILES string of the molecule is Cc1nc(CN2C(=O)CC(=O)NC2=O)cs1. The van der Waals surface area contributed by atoms with E-state index < -0.39 is 17.8 Å². The molecule has 1 aromatic rings. The van der Waals surface area contributed by atoms with Gasteiger partial charge in [-0.15, -0.1) is 11.3 Å². The van der Waals surface area contributed by atoms with Gasteiger partial charge in [-0.3, -0.25) is 19.8 Å². The first-order valence-corrected chi connectivity index (χ1v) is 5.49. The fourth-order valence-electron chi connectivity index (χ4n) is 1.38. The standard InChI is InChI=1S/C9H9N3O3S/c1-5-10-6(4-16-5)3-12-8(14)2-7(13)11-9(12)15/h4H,2-3H2,1H3,(H,11,13,15).